The molecule has 0 bridgehead atoms. The molecule has 182 valence electrons. The minimum absolute atomic E-state index is 0.0185. The van der Waals surface area contributed by atoms with Crippen LogP contribution in [0.3, 0.4) is 0 Å². The summed E-state index contributed by atoms with van der Waals surface area (Å²) in [4.78, 5) is 30.0. The summed E-state index contributed by atoms with van der Waals surface area (Å²) in [6.07, 6.45) is 1.97. The van der Waals surface area contributed by atoms with E-state index in [0.717, 1.165) is 10.0 Å². The molecule has 0 aliphatic carbocycles. The predicted octanol–water partition coefficient (Wildman–Crippen LogP) is 6.93. The summed E-state index contributed by atoms with van der Waals surface area (Å²) >= 11 is 9.21. The van der Waals surface area contributed by atoms with Crippen LogP contribution in [0.1, 0.15) is 16.7 Å². The molecule has 1 heterocycles. The SMILES string of the molecule is O=C1C(=Cc2ccc(Cc3ccccc3F)c(Br)c2)C(=O)N(c2ccccc2)C(=S)N1c1ccccc1. The first-order valence-corrected chi connectivity index (χ1v) is 12.7. The number of hydrogen-bond acceptors (Lipinski definition) is 3. The number of hydrogen-bond donors (Lipinski definition) is 0. The minimum atomic E-state index is -0.500. The second kappa shape index (κ2) is 10.6. The Kier molecular flexibility index (Phi) is 7.08. The number of nitrogens with zero attached hydrogens (tertiary/aromatic N) is 2. The van der Waals surface area contributed by atoms with Crippen molar-refractivity contribution in [3.8, 4) is 0 Å². The summed E-state index contributed by atoms with van der Waals surface area (Å²) in [6.45, 7) is 0. The van der Waals surface area contributed by atoms with Crippen molar-refractivity contribution in [2.24, 2.45) is 0 Å². The third kappa shape index (κ3) is 5.01. The van der Waals surface area contributed by atoms with Crippen molar-refractivity contribution < 1.29 is 14.0 Å². The molecule has 0 spiro atoms. The fourth-order valence-corrected chi connectivity index (χ4v) is 5.06. The van der Waals surface area contributed by atoms with Crippen molar-refractivity contribution in [3.05, 3.63) is 136 Å². The number of halogens is 2. The van der Waals surface area contributed by atoms with Gasteiger partial charge in [-0.25, -0.2) is 4.39 Å². The zero-order valence-electron chi connectivity index (χ0n) is 19.5. The number of benzene rings is 4. The average Bonchev–Trinajstić information content (AvgIpc) is 2.90. The Morgan fingerprint density at radius 3 is 1.81 bits per heavy atom. The van der Waals surface area contributed by atoms with Gasteiger partial charge in [0.05, 0.1) is 11.4 Å². The molecule has 0 atom stereocenters. The highest BCUT2D eigenvalue weighted by Gasteiger charge is 2.41. The highest BCUT2D eigenvalue weighted by atomic mass is 79.9. The first-order chi connectivity index (χ1) is 17.9. The molecule has 5 rings (SSSR count). The van der Waals surface area contributed by atoms with E-state index in [0.29, 0.717) is 28.9 Å². The summed E-state index contributed by atoms with van der Waals surface area (Å²) in [5.74, 6) is -1.27. The normalized spacial score (nSPS) is 13.8. The van der Waals surface area contributed by atoms with Crippen LogP contribution in [-0.4, -0.2) is 16.9 Å². The summed E-state index contributed by atoms with van der Waals surface area (Å²) in [5.41, 5.74) is 3.23. The standard InChI is InChI=1S/C30H20BrFN2O2S/c31-26-18-20(15-16-21(26)19-22-9-7-8-14-27(22)32)17-25-28(35)33(23-10-3-1-4-11-23)30(37)34(29(25)36)24-12-5-2-6-13-24/h1-18H,19H2. The second-order valence-corrected chi connectivity index (χ2v) is 9.63. The van der Waals surface area contributed by atoms with Gasteiger partial charge in [-0.3, -0.25) is 19.4 Å². The lowest BCUT2D eigenvalue weighted by atomic mass is 10.0. The average molecular weight is 571 g/mol. The summed E-state index contributed by atoms with van der Waals surface area (Å²) in [5, 5.41) is 0.0889. The summed E-state index contributed by atoms with van der Waals surface area (Å²) in [7, 11) is 0. The van der Waals surface area contributed by atoms with Crippen molar-refractivity contribution in [2.45, 2.75) is 6.42 Å². The maximum atomic E-state index is 14.1. The third-order valence-electron chi connectivity index (χ3n) is 6.01. The van der Waals surface area contributed by atoms with Gasteiger partial charge in [0.15, 0.2) is 5.11 Å². The predicted molar refractivity (Wildman–Crippen MR) is 152 cm³/mol. The van der Waals surface area contributed by atoms with E-state index in [2.05, 4.69) is 15.9 Å². The number of para-hydroxylation sites is 2. The van der Waals surface area contributed by atoms with Gasteiger partial charge in [-0.15, -0.1) is 0 Å². The Hall–Kier alpha value is -3.94. The van der Waals surface area contributed by atoms with Gasteiger partial charge in [0, 0.05) is 10.9 Å². The van der Waals surface area contributed by atoms with Crippen LogP contribution in [0.15, 0.2) is 113 Å². The van der Waals surface area contributed by atoms with E-state index >= 15 is 0 Å². The Morgan fingerprint density at radius 1 is 0.730 bits per heavy atom. The van der Waals surface area contributed by atoms with E-state index < -0.39 is 11.8 Å². The Bertz CT molecular complexity index is 1480. The van der Waals surface area contributed by atoms with E-state index in [4.69, 9.17) is 12.2 Å². The topological polar surface area (TPSA) is 40.6 Å². The van der Waals surface area contributed by atoms with Crippen molar-refractivity contribution in [1.82, 2.24) is 0 Å². The molecule has 0 radical (unpaired) electrons. The van der Waals surface area contributed by atoms with Crippen molar-refractivity contribution in [1.29, 1.82) is 0 Å². The Labute approximate surface area is 227 Å². The second-order valence-electron chi connectivity index (χ2n) is 8.41. The van der Waals surface area contributed by atoms with Gasteiger partial charge in [0.1, 0.15) is 11.4 Å². The molecule has 0 saturated carbocycles. The molecule has 4 aromatic rings. The van der Waals surface area contributed by atoms with Gasteiger partial charge < -0.3 is 0 Å². The Balaban J connectivity index is 1.54. The molecule has 0 unspecified atom stereocenters. The molecule has 1 aliphatic heterocycles. The molecule has 2 amide bonds. The van der Waals surface area contributed by atoms with Crippen LogP contribution >= 0.6 is 28.1 Å². The first kappa shape index (κ1) is 24.7. The van der Waals surface area contributed by atoms with Crippen LogP contribution in [-0.2, 0) is 16.0 Å². The Morgan fingerprint density at radius 2 is 1.27 bits per heavy atom. The quantitative estimate of drug-likeness (QED) is 0.148. The van der Waals surface area contributed by atoms with Crippen LogP contribution in [0.25, 0.3) is 6.08 Å². The zero-order chi connectivity index (χ0) is 25.9. The van der Waals surface area contributed by atoms with E-state index in [-0.39, 0.29) is 16.5 Å². The molecule has 1 saturated heterocycles. The molecule has 1 fully saturated rings. The first-order valence-electron chi connectivity index (χ1n) is 11.5. The van der Waals surface area contributed by atoms with Gasteiger partial charge in [0.2, 0.25) is 0 Å². The lowest BCUT2D eigenvalue weighted by Crippen LogP contribution is -2.56. The number of rotatable bonds is 5. The monoisotopic (exact) mass is 570 g/mol. The van der Waals surface area contributed by atoms with Crippen LogP contribution in [0, 0.1) is 5.82 Å². The van der Waals surface area contributed by atoms with Crippen LogP contribution in [0.4, 0.5) is 15.8 Å². The molecule has 0 aromatic heterocycles. The number of amides is 2. The van der Waals surface area contributed by atoms with Gasteiger partial charge >= 0.3 is 0 Å². The van der Waals surface area contributed by atoms with Crippen molar-refractivity contribution in [3.63, 3.8) is 0 Å². The van der Waals surface area contributed by atoms with Gasteiger partial charge in [-0.05, 0) is 71.4 Å². The minimum Gasteiger partial charge on any atom is -0.268 e. The van der Waals surface area contributed by atoms with Crippen LogP contribution in [0.2, 0.25) is 0 Å². The fraction of sp³-hybridized carbons (Fsp3) is 0.0333. The molecule has 1 aliphatic rings. The van der Waals surface area contributed by atoms with Crippen LogP contribution in [0.5, 0.6) is 0 Å². The number of carbonyl (C=O) groups is 2. The number of anilines is 2. The van der Waals surface area contributed by atoms with E-state index in [9.17, 15) is 14.0 Å². The molecule has 37 heavy (non-hydrogen) atoms. The lowest BCUT2D eigenvalue weighted by molar-refractivity contribution is -0.120. The van der Waals surface area contributed by atoms with Crippen molar-refractivity contribution >= 4 is 62.5 Å². The summed E-state index contributed by atoms with van der Waals surface area (Å²) < 4.78 is 14.9. The van der Waals surface area contributed by atoms with E-state index in [1.807, 2.05) is 48.5 Å². The maximum Gasteiger partial charge on any atom is 0.270 e. The van der Waals surface area contributed by atoms with E-state index in [1.165, 1.54) is 15.9 Å². The third-order valence-corrected chi connectivity index (χ3v) is 7.11. The molecule has 4 nitrogen and oxygen atoms in total. The molecule has 7 heteroatoms. The largest absolute Gasteiger partial charge is 0.270 e. The molecule has 0 N–H and O–H groups in total. The van der Waals surface area contributed by atoms with Gasteiger partial charge in [0.25, 0.3) is 11.8 Å². The number of carbonyl (C=O) groups excluding carboxylic acids is 2. The number of thiocarbonyl (C=S) groups is 1. The lowest BCUT2D eigenvalue weighted by Gasteiger charge is -2.36. The summed E-state index contributed by atoms with van der Waals surface area (Å²) in [6, 6.07) is 30.1. The van der Waals surface area contributed by atoms with Gasteiger partial charge in [-0.1, -0.05) is 82.7 Å². The fourth-order valence-electron chi connectivity index (χ4n) is 4.15. The van der Waals surface area contributed by atoms with Crippen LogP contribution < -0.4 is 9.80 Å². The molecular weight excluding hydrogens is 551 g/mol. The smallest absolute Gasteiger partial charge is 0.268 e. The van der Waals surface area contributed by atoms with E-state index in [1.54, 1.807) is 54.6 Å². The zero-order valence-corrected chi connectivity index (χ0v) is 21.9. The highest BCUT2D eigenvalue weighted by molar-refractivity contribution is 9.10. The molecule has 4 aromatic carbocycles. The van der Waals surface area contributed by atoms with Gasteiger partial charge in [-0.2, -0.15) is 0 Å². The maximum absolute atomic E-state index is 14.1. The van der Waals surface area contributed by atoms with Crippen molar-refractivity contribution in [2.75, 3.05) is 9.80 Å². The highest BCUT2D eigenvalue weighted by Crippen LogP contribution is 2.31. The molecular formula is C30H20BrFN2O2S.